The Bertz CT molecular complexity index is 596. The van der Waals surface area contributed by atoms with E-state index in [0.717, 1.165) is 4.90 Å². The SMILES string of the molecule is CN(CC(=O)O)C(=O)c1cccc(-c2nn[nH]n2)c1. The molecular weight excluding hydrogens is 250 g/mol. The molecule has 0 saturated heterocycles. The van der Waals surface area contributed by atoms with Crippen LogP contribution in [0, 0.1) is 0 Å². The first-order valence-corrected chi connectivity index (χ1v) is 5.39. The number of carbonyl (C=O) groups excluding carboxylic acids is 1. The van der Waals surface area contributed by atoms with E-state index in [2.05, 4.69) is 20.6 Å². The third-order valence-electron chi connectivity index (χ3n) is 2.43. The molecule has 0 unspecified atom stereocenters. The number of tetrazole rings is 1. The van der Waals surface area contributed by atoms with E-state index >= 15 is 0 Å². The predicted octanol–water partition coefficient (Wildman–Crippen LogP) is 0.0233. The van der Waals surface area contributed by atoms with Crippen LogP contribution in [0.2, 0.25) is 0 Å². The molecule has 2 rings (SSSR count). The maximum Gasteiger partial charge on any atom is 0.323 e. The van der Waals surface area contributed by atoms with Crippen molar-refractivity contribution < 1.29 is 14.7 Å². The number of aliphatic carboxylic acids is 1. The molecule has 0 atom stereocenters. The van der Waals surface area contributed by atoms with Gasteiger partial charge in [-0.15, -0.1) is 10.2 Å². The summed E-state index contributed by atoms with van der Waals surface area (Å²) in [4.78, 5) is 23.7. The third-order valence-corrected chi connectivity index (χ3v) is 2.43. The second kappa shape index (κ2) is 5.25. The number of rotatable bonds is 4. The van der Waals surface area contributed by atoms with Gasteiger partial charge in [0.05, 0.1) is 0 Å². The summed E-state index contributed by atoms with van der Waals surface area (Å²) in [6.45, 7) is -0.356. The van der Waals surface area contributed by atoms with Gasteiger partial charge in [0.15, 0.2) is 0 Å². The maximum absolute atomic E-state index is 12.0. The van der Waals surface area contributed by atoms with Gasteiger partial charge in [-0.3, -0.25) is 9.59 Å². The maximum atomic E-state index is 12.0. The van der Waals surface area contributed by atoms with Crippen LogP contribution in [-0.2, 0) is 4.79 Å². The van der Waals surface area contributed by atoms with Crippen molar-refractivity contribution in [2.24, 2.45) is 0 Å². The molecule has 0 aliphatic heterocycles. The molecule has 0 spiro atoms. The Labute approximate surface area is 108 Å². The van der Waals surface area contributed by atoms with Crippen LogP contribution in [0.1, 0.15) is 10.4 Å². The van der Waals surface area contributed by atoms with Gasteiger partial charge >= 0.3 is 5.97 Å². The van der Waals surface area contributed by atoms with Crippen LogP contribution in [0.3, 0.4) is 0 Å². The molecule has 0 saturated carbocycles. The molecule has 8 heteroatoms. The van der Waals surface area contributed by atoms with E-state index < -0.39 is 5.97 Å². The van der Waals surface area contributed by atoms with Crippen molar-refractivity contribution >= 4 is 11.9 Å². The number of carbonyl (C=O) groups is 2. The van der Waals surface area contributed by atoms with Gasteiger partial charge in [0.25, 0.3) is 5.91 Å². The summed E-state index contributed by atoms with van der Waals surface area (Å²) in [5.41, 5.74) is 0.995. The van der Waals surface area contributed by atoms with Crippen molar-refractivity contribution in [3.8, 4) is 11.4 Å². The average Bonchev–Trinajstić information content (AvgIpc) is 2.91. The summed E-state index contributed by atoms with van der Waals surface area (Å²) in [7, 11) is 1.43. The van der Waals surface area contributed by atoms with Crippen molar-refractivity contribution in [3.63, 3.8) is 0 Å². The Morgan fingerprint density at radius 1 is 1.42 bits per heavy atom. The molecule has 8 nitrogen and oxygen atoms in total. The van der Waals surface area contributed by atoms with Gasteiger partial charge in [0.2, 0.25) is 5.82 Å². The van der Waals surface area contributed by atoms with Crippen LogP contribution in [0.5, 0.6) is 0 Å². The lowest BCUT2D eigenvalue weighted by molar-refractivity contribution is -0.137. The monoisotopic (exact) mass is 261 g/mol. The van der Waals surface area contributed by atoms with Crippen LogP contribution >= 0.6 is 0 Å². The molecule has 1 aromatic carbocycles. The standard InChI is InChI=1S/C11H11N5O3/c1-16(6-9(17)18)11(19)8-4-2-3-7(5-8)10-12-14-15-13-10/h2-5H,6H2,1H3,(H,17,18)(H,12,13,14,15). The normalized spacial score (nSPS) is 10.2. The minimum atomic E-state index is -1.06. The average molecular weight is 261 g/mol. The van der Waals surface area contributed by atoms with Crippen molar-refractivity contribution in [2.75, 3.05) is 13.6 Å². The van der Waals surface area contributed by atoms with Crippen molar-refractivity contribution in [1.29, 1.82) is 0 Å². The molecule has 0 bridgehead atoms. The zero-order valence-electron chi connectivity index (χ0n) is 10.1. The van der Waals surface area contributed by atoms with Crippen LogP contribution in [0.25, 0.3) is 11.4 Å². The molecule has 2 N–H and O–H groups in total. The lowest BCUT2D eigenvalue weighted by Gasteiger charge is -2.14. The molecule has 0 radical (unpaired) electrons. The first kappa shape index (κ1) is 12.7. The van der Waals surface area contributed by atoms with E-state index in [0.29, 0.717) is 17.0 Å². The molecule has 1 heterocycles. The van der Waals surface area contributed by atoms with E-state index in [1.165, 1.54) is 7.05 Å². The van der Waals surface area contributed by atoms with Gasteiger partial charge in [0.1, 0.15) is 6.54 Å². The molecular formula is C11H11N5O3. The Kier molecular flexibility index (Phi) is 3.51. The Balaban J connectivity index is 2.24. The molecule has 1 amide bonds. The number of carboxylic acid groups (broad SMARTS) is 1. The Morgan fingerprint density at radius 2 is 2.21 bits per heavy atom. The number of nitrogens with one attached hydrogen (secondary N) is 1. The van der Waals surface area contributed by atoms with E-state index in [9.17, 15) is 9.59 Å². The van der Waals surface area contributed by atoms with Crippen molar-refractivity contribution in [1.82, 2.24) is 25.5 Å². The minimum Gasteiger partial charge on any atom is -0.480 e. The van der Waals surface area contributed by atoms with E-state index in [1.807, 2.05) is 0 Å². The molecule has 0 aliphatic rings. The molecule has 1 aromatic heterocycles. The zero-order valence-corrected chi connectivity index (χ0v) is 10.1. The van der Waals surface area contributed by atoms with Crippen LogP contribution in [0.15, 0.2) is 24.3 Å². The highest BCUT2D eigenvalue weighted by Gasteiger charge is 2.15. The van der Waals surface area contributed by atoms with Gasteiger partial charge in [-0.05, 0) is 17.3 Å². The van der Waals surface area contributed by atoms with Gasteiger partial charge in [-0.25, -0.2) is 0 Å². The Morgan fingerprint density at radius 3 is 2.84 bits per heavy atom. The summed E-state index contributed by atoms with van der Waals surface area (Å²) in [6.07, 6.45) is 0. The number of likely N-dealkylation sites (N-methyl/N-ethyl adjacent to an activating group) is 1. The second-order valence-corrected chi connectivity index (χ2v) is 3.87. The first-order chi connectivity index (χ1) is 9.08. The lowest BCUT2D eigenvalue weighted by Crippen LogP contribution is -2.31. The third kappa shape index (κ3) is 2.92. The van der Waals surface area contributed by atoms with Crippen LogP contribution in [0.4, 0.5) is 0 Å². The molecule has 19 heavy (non-hydrogen) atoms. The van der Waals surface area contributed by atoms with Gasteiger partial charge in [0, 0.05) is 18.2 Å². The number of H-pyrrole nitrogens is 1. The fraction of sp³-hybridized carbons (Fsp3) is 0.182. The molecule has 0 aliphatic carbocycles. The summed E-state index contributed by atoms with van der Waals surface area (Å²) >= 11 is 0. The number of hydrogen-bond acceptors (Lipinski definition) is 5. The fourth-order valence-corrected chi connectivity index (χ4v) is 1.57. The second-order valence-electron chi connectivity index (χ2n) is 3.87. The van der Waals surface area contributed by atoms with Crippen molar-refractivity contribution in [3.05, 3.63) is 29.8 Å². The topological polar surface area (TPSA) is 112 Å². The smallest absolute Gasteiger partial charge is 0.323 e. The van der Waals surface area contributed by atoms with Crippen LogP contribution in [-0.4, -0.2) is 56.1 Å². The van der Waals surface area contributed by atoms with Crippen LogP contribution < -0.4 is 0 Å². The first-order valence-electron chi connectivity index (χ1n) is 5.39. The van der Waals surface area contributed by atoms with Crippen molar-refractivity contribution in [2.45, 2.75) is 0 Å². The van der Waals surface area contributed by atoms with Gasteiger partial charge in [-0.2, -0.15) is 5.21 Å². The van der Waals surface area contributed by atoms with Gasteiger partial charge in [-0.1, -0.05) is 12.1 Å². The number of aromatic nitrogens is 4. The van der Waals surface area contributed by atoms with E-state index in [-0.39, 0.29) is 12.5 Å². The number of hydrogen-bond donors (Lipinski definition) is 2. The quantitative estimate of drug-likeness (QED) is 0.802. The molecule has 2 aromatic rings. The summed E-state index contributed by atoms with van der Waals surface area (Å²) in [5.74, 6) is -1.08. The Hall–Kier alpha value is -2.77. The lowest BCUT2D eigenvalue weighted by atomic mass is 10.1. The molecule has 0 fully saturated rings. The largest absolute Gasteiger partial charge is 0.480 e. The molecule has 98 valence electrons. The van der Waals surface area contributed by atoms with Gasteiger partial charge < -0.3 is 10.0 Å². The predicted molar refractivity (Wildman–Crippen MR) is 64.2 cm³/mol. The highest BCUT2D eigenvalue weighted by molar-refractivity contribution is 5.96. The number of benzene rings is 1. The minimum absolute atomic E-state index is 0.356. The number of nitrogens with zero attached hydrogens (tertiary/aromatic N) is 4. The summed E-state index contributed by atoms with van der Waals surface area (Å²) in [5, 5.41) is 22.0. The number of amides is 1. The fourth-order valence-electron chi connectivity index (χ4n) is 1.57. The zero-order chi connectivity index (χ0) is 13.8. The number of carboxylic acids is 1. The highest BCUT2D eigenvalue weighted by Crippen LogP contribution is 2.15. The van der Waals surface area contributed by atoms with E-state index in [1.54, 1.807) is 24.3 Å². The number of aromatic amines is 1. The highest BCUT2D eigenvalue weighted by atomic mass is 16.4. The summed E-state index contributed by atoms with van der Waals surface area (Å²) in [6, 6.07) is 6.60. The van der Waals surface area contributed by atoms with E-state index in [4.69, 9.17) is 5.11 Å². The summed E-state index contributed by atoms with van der Waals surface area (Å²) < 4.78 is 0.